The van der Waals surface area contributed by atoms with Gasteiger partial charge in [0, 0.05) is 13.5 Å². The van der Waals surface area contributed by atoms with Crippen LogP contribution >= 0.6 is 0 Å². The molecule has 1 amide bonds. The van der Waals surface area contributed by atoms with Crippen LogP contribution in [0.2, 0.25) is 0 Å². The number of carbonyl (C=O) groups excluding carboxylic acids is 2. The van der Waals surface area contributed by atoms with Gasteiger partial charge in [-0.15, -0.1) is 0 Å². The van der Waals surface area contributed by atoms with Crippen LogP contribution in [-0.2, 0) is 14.3 Å². The van der Waals surface area contributed by atoms with Gasteiger partial charge in [0.2, 0.25) is 6.29 Å². The molecule has 0 bridgehead atoms. The SMILES string of the molecule is CC(OC(=O)NC[C@H](C)O)OC(=O)C(C)(C)C. The van der Waals surface area contributed by atoms with Crippen LogP contribution in [0, 0.1) is 5.41 Å². The summed E-state index contributed by atoms with van der Waals surface area (Å²) in [5, 5.41) is 11.3. The fourth-order valence-corrected chi connectivity index (χ4v) is 0.775. The summed E-state index contributed by atoms with van der Waals surface area (Å²) in [5.74, 6) is -0.451. The number of esters is 1. The molecule has 100 valence electrons. The van der Waals surface area contributed by atoms with Crippen LogP contribution in [0.1, 0.15) is 34.6 Å². The van der Waals surface area contributed by atoms with Crippen LogP contribution in [0.5, 0.6) is 0 Å². The highest BCUT2D eigenvalue weighted by molar-refractivity contribution is 5.75. The van der Waals surface area contributed by atoms with Crippen molar-refractivity contribution in [1.82, 2.24) is 5.32 Å². The number of ether oxygens (including phenoxy) is 2. The Morgan fingerprint density at radius 1 is 1.24 bits per heavy atom. The lowest BCUT2D eigenvalue weighted by atomic mass is 9.97. The molecular formula is C11H21NO5. The van der Waals surface area contributed by atoms with Crippen molar-refractivity contribution in [2.24, 2.45) is 5.41 Å². The second-order valence-corrected chi connectivity index (χ2v) is 4.86. The second kappa shape index (κ2) is 6.44. The number of hydrogen-bond acceptors (Lipinski definition) is 5. The van der Waals surface area contributed by atoms with Crippen molar-refractivity contribution in [3.8, 4) is 0 Å². The minimum Gasteiger partial charge on any atom is -0.425 e. The molecule has 1 unspecified atom stereocenters. The Hall–Kier alpha value is -1.30. The predicted octanol–water partition coefficient (Wildman–Crippen LogP) is 1.03. The third-order valence-electron chi connectivity index (χ3n) is 1.70. The summed E-state index contributed by atoms with van der Waals surface area (Å²) in [6, 6.07) is 0. The summed E-state index contributed by atoms with van der Waals surface area (Å²) in [6.07, 6.45) is -2.36. The molecule has 6 heteroatoms. The Morgan fingerprint density at radius 2 is 1.76 bits per heavy atom. The minimum absolute atomic E-state index is 0.0821. The van der Waals surface area contributed by atoms with E-state index in [1.807, 2.05) is 0 Å². The van der Waals surface area contributed by atoms with Crippen LogP contribution in [-0.4, -0.2) is 36.1 Å². The molecule has 0 radical (unpaired) electrons. The number of amides is 1. The van der Waals surface area contributed by atoms with Gasteiger partial charge in [-0.2, -0.15) is 0 Å². The lowest BCUT2D eigenvalue weighted by Gasteiger charge is -2.20. The molecule has 0 aromatic rings. The summed E-state index contributed by atoms with van der Waals surface area (Å²) in [6.45, 7) is 8.17. The zero-order chi connectivity index (χ0) is 13.6. The monoisotopic (exact) mass is 247 g/mol. The fraction of sp³-hybridized carbons (Fsp3) is 0.818. The van der Waals surface area contributed by atoms with Crippen LogP contribution in [0.25, 0.3) is 0 Å². The molecule has 0 heterocycles. The summed E-state index contributed by atoms with van der Waals surface area (Å²) >= 11 is 0. The first-order chi connectivity index (χ1) is 7.62. The standard InChI is InChI=1S/C11H21NO5/c1-7(13)6-12-10(15)17-8(2)16-9(14)11(3,4)5/h7-8,13H,6H2,1-5H3,(H,12,15)/t7-,8?/m0/s1. The maximum atomic E-state index is 11.4. The molecule has 0 aromatic heterocycles. The molecule has 0 aliphatic rings. The molecule has 0 aliphatic carbocycles. The maximum absolute atomic E-state index is 11.4. The molecule has 0 rings (SSSR count). The van der Waals surface area contributed by atoms with E-state index in [0.29, 0.717) is 0 Å². The zero-order valence-electron chi connectivity index (χ0n) is 10.9. The first kappa shape index (κ1) is 15.7. The molecule has 0 saturated heterocycles. The fourth-order valence-electron chi connectivity index (χ4n) is 0.775. The zero-order valence-corrected chi connectivity index (χ0v) is 10.9. The van der Waals surface area contributed by atoms with Gasteiger partial charge in [0.05, 0.1) is 11.5 Å². The number of aliphatic hydroxyl groups excluding tert-OH is 1. The number of hydrogen-bond donors (Lipinski definition) is 2. The third-order valence-corrected chi connectivity index (χ3v) is 1.70. The smallest absolute Gasteiger partial charge is 0.410 e. The Morgan fingerprint density at radius 3 is 2.18 bits per heavy atom. The van der Waals surface area contributed by atoms with Gasteiger partial charge in [-0.1, -0.05) is 0 Å². The summed E-state index contributed by atoms with van der Waals surface area (Å²) in [7, 11) is 0. The highest BCUT2D eigenvalue weighted by Crippen LogP contribution is 2.16. The van der Waals surface area contributed by atoms with E-state index in [9.17, 15) is 9.59 Å². The molecular weight excluding hydrogens is 226 g/mol. The average molecular weight is 247 g/mol. The van der Waals surface area contributed by atoms with Crippen molar-refractivity contribution in [1.29, 1.82) is 0 Å². The van der Waals surface area contributed by atoms with Crippen LogP contribution in [0.4, 0.5) is 4.79 Å². The van der Waals surface area contributed by atoms with Crippen molar-refractivity contribution in [3.63, 3.8) is 0 Å². The van der Waals surface area contributed by atoms with Crippen molar-refractivity contribution in [2.75, 3.05) is 6.54 Å². The highest BCUT2D eigenvalue weighted by atomic mass is 16.7. The van der Waals surface area contributed by atoms with E-state index in [0.717, 1.165) is 0 Å². The van der Waals surface area contributed by atoms with Crippen molar-refractivity contribution in [2.45, 2.75) is 47.0 Å². The lowest BCUT2D eigenvalue weighted by molar-refractivity contribution is -0.174. The van der Waals surface area contributed by atoms with Gasteiger partial charge in [-0.05, 0) is 27.7 Å². The molecule has 0 saturated carbocycles. The average Bonchev–Trinajstić information content (AvgIpc) is 2.12. The van der Waals surface area contributed by atoms with Crippen LogP contribution < -0.4 is 5.32 Å². The van der Waals surface area contributed by atoms with E-state index in [2.05, 4.69) is 5.32 Å². The Labute approximate surface area is 101 Å². The Bertz CT molecular complexity index is 270. The van der Waals surface area contributed by atoms with Crippen LogP contribution in [0.3, 0.4) is 0 Å². The van der Waals surface area contributed by atoms with Crippen molar-refractivity contribution in [3.05, 3.63) is 0 Å². The Balaban J connectivity index is 3.98. The second-order valence-electron chi connectivity index (χ2n) is 4.86. The van der Waals surface area contributed by atoms with E-state index < -0.39 is 29.9 Å². The molecule has 0 fully saturated rings. The molecule has 0 aliphatic heterocycles. The number of aliphatic hydroxyl groups is 1. The van der Waals surface area contributed by atoms with Gasteiger partial charge in [0.1, 0.15) is 0 Å². The van der Waals surface area contributed by atoms with Crippen molar-refractivity contribution >= 4 is 12.1 Å². The van der Waals surface area contributed by atoms with Gasteiger partial charge in [-0.25, -0.2) is 4.79 Å². The van der Waals surface area contributed by atoms with Crippen molar-refractivity contribution < 1.29 is 24.2 Å². The van der Waals surface area contributed by atoms with Gasteiger partial charge < -0.3 is 19.9 Å². The molecule has 0 aromatic carbocycles. The van der Waals surface area contributed by atoms with E-state index in [4.69, 9.17) is 14.6 Å². The van der Waals surface area contributed by atoms with E-state index in [1.54, 1.807) is 20.8 Å². The van der Waals surface area contributed by atoms with Gasteiger partial charge in [0.25, 0.3) is 0 Å². The highest BCUT2D eigenvalue weighted by Gasteiger charge is 2.26. The van der Waals surface area contributed by atoms with Crippen LogP contribution in [0.15, 0.2) is 0 Å². The topological polar surface area (TPSA) is 84.9 Å². The first-order valence-electron chi connectivity index (χ1n) is 5.46. The molecule has 6 nitrogen and oxygen atoms in total. The normalized spacial score (nSPS) is 14.7. The number of alkyl carbamates (subject to hydrolysis) is 1. The molecule has 2 N–H and O–H groups in total. The maximum Gasteiger partial charge on any atom is 0.410 e. The summed E-state index contributed by atoms with van der Waals surface area (Å²) in [4.78, 5) is 22.6. The summed E-state index contributed by atoms with van der Waals surface area (Å²) in [5.41, 5.74) is -0.645. The largest absolute Gasteiger partial charge is 0.425 e. The quantitative estimate of drug-likeness (QED) is 0.572. The minimum atomic E-state index is -0.962. The molecule has 17 heavy (non-hydrogen) atoms. The molecule has 2 atom stereocenters. The lowest BCUT2D eigenvalue weighted by Crippen LogP contribution is -2.35. The number of carbonyl (C=O) groups is 2. The van der Waals surface area contributed by atoms with Gasteiger partial charge >= 0.3 is 12.1 Å². The van der Waals surface area contributed by atoms with E-state index >= 15 is 0 Å². The molecule has 0 spiro atoms. The Kier molecular flexibility index (Phi) is 5.95. The van der Waals surface area contributed by atoms with Gasteiger partial charge in [-0.3, -0.25) is 4.79 Å². The first-order valence-corrected chi connectivity index (χ1v) is 5.46. The van der Waals surface area contributed by atoms with Gasteiger partial charge in [0.15, 0.2) is 0 Å². The summed E-state index contributed by atoms with van der Waals surface area (Å²) < 4.78 is 9.67. The van der Waals surface area contributed by atoms with E-state index in [-0.39, 0.29) is 6.54 Å². The predicted molar refractivity (Wildman–Crippen MR) is 61.2 cm³/mol. The van der Waals surface area contributed by atoms with E-state index in [1.165, 1.54) is 13.8 Å². The third kappa shape index (κ3) is 7.57. The number of rotatable bonds is 4. The number of nitrogens with one attached hydrogen (secondary N) is 1.